The Hall–Kier alpha value is -1.26. The fourth-order valence-corrected chi connectivity index (χ4v) is 1.97. The van der Waals surface area contributed by atoms with Crippen LogP contribution in [-0.2, 0) is 0 Å². The van der Waals surface area contributed by atoms with Crippen molar-refractivity contribution in [3.63, 3.8) is 0 Å². The Labute approximate surface area is 102 Å². The molecule has 1 atom stereocenters. The van der Waals surface area contributed by atoms with Crippen molar-refractivity contribution in [2.45, 2.75) is 13.0 Å². The van der Waals surface area contributed by atoms with E-state index in [9.17, 15) is 0 Å². The van der Waals surface area contributed by atoms with Gasteiger partial charge in [0.05, 0.1) is 0 Å². The molecule has 0 spiro atoms. The van der Waals surface area contributed by atoms with E-state index in [1.165, 1.54) is 5.56 Å². The lowest BCUT2D eigenvalue weighted by molar-refractivity contribution is 0.170. The lowest BCUT2D eigenvalue weighted by atomic mass is 10.1. The van der Waals surface area contributed by atoms with Gasteiger partial charge >= 0.3 is 0 Å². The molecule has 0 radical (unpaired) electrons. The van der Waals surface area contributed by atoms with Crippen molar-refractivity contribution in [1.82, 2.24) is 4.90 Å². The predicted molar refractivity (Wildman–Crippen MR) is 67.5 cm³/mol. The highest BCUT2D eigenvalue weighted by Crippen LogP contribution is 2.33. The fraction of sp³-hybridized carbons (Fsp3) is 0.538. The highest BCUT2D eigenvalue weighted by Gasteiger charge is 2.16. The van der Waals surface area contributed by atoms with Crippen molar-refractivity contribution in [2.24, 2.45) is 5.73 Å². The van der Waals surface area contributed by atoms with Crippen LogP contribution in [0.4, 0.5) is 0 Å². The smallest absolute Gasteiger partial charge is 0.161 e. The number of hydrogen-bond acceptors (Lipinski definition) is 4. The van der Waals surface area contributed by atoms with Gasteiger partial charge in [-0.2, -0.15) is 0 Å². The van der Waals surface area contributed by atoms with Gasteiger partial charge in [-0.1, -0.05) is 6.07 Å². The van der Waals surface area contributed by atoms with Crippen LogP contribution >= 0.6 is 0 Å². The van der Waals surface area contributed by atoms with Crippen molar-refractivity contribution in [1.29, 1.82) is 0 Å². The Bertz CT molecular complexity index is 382. The lowest BCUT2D eigenvalue weighted by Gasteiger charge is -2.26. The van der Waals surface area contributed by atoms with Crippen molar-refractivity contribution in [3.8, 4) is 11.5 Å². The molecule has 2 N–H and O–H groups in total. The number of rotatable bonds is 4. The van der Waals surface area contributed by atoms with E-state index in [2.05, 4.69) is 31.0 Å². The van der Waals surface area contributed by atoms with Gasteiger partial charge in [0, 0.05) is 19.1 Å². The van der Waals surface area contributed by atoms with E-state index in [4.69, 9.17) is 15.2 Å². The molecule has 0 amide bonds. The molecule has 1 unspecified atom stereocenters. The zero-order chi connectivity index (χ0) is 12.3. The molecule has 0 aliphatic carbocycles. The number of nitrogens with two attached hydrogens (primary N) is 1. The Morgan fingerprint density at radius 3 is 2.71 bits per heavy atom. The molecular formula is C13H20N2O2. The topological polar surface area (TPSA) is 47.7 Å². The fourth-order valence-electron chi connectivity index (χ4n) is 1.97. The first-order valence-electron chi connectivity index (χ1n) is 6.02. The van der Waals surface area contributed by atoms with Crippen LogP contribution in [0.5, 0.6) is 11.5 Å². The quantitative estimate of drug-likeness (QED) is 0.858. The summed E-state index contributed by atoms with van der Waals surface area (Å²) >= 11 is 0. The van der Waals surface area contributed by atoms with Gasteiger partial charge in [0.25, 0.3) is 0 Å². The molecule has 0 saturated heterocycles. The van der Waals surface area contributed by atoms with E-state index >= 15 is 0 Å². The second kappa shape index (κ2) is 5.38. The van der Waals surface area contributed by atoms with Crippen LogP contribution in [0.1, 0.15) is 18.5 Å². The van der Waals surface area contributed by atoms with Gasteiger partial charge in [-0.05, 0) is 31.7 Å². The Kier molecular flexibility index (Phi) is 3.86. The standard InChI is InChI=1S/C13H20N2O2/c1-10(15(2)6-5-14)11-3-4-12-13(9-11)17-8-7-16-12/h3-4,9-10H,5-8,14H2,1-2H3. The highest BCUT2D eigenvalue weighted by atomic mass is 16.6. The highest BCUT2D eigenvalue weighted by molar-refractivity contribution is 5.44. The molecule has 1 heterocycles. The average molecular weight is 236 g/mol. The van der Waals surface area contributed by atoms with Crippen molar-refractivity contribution >= 4 is 0 Å². The summed E-state index contributed by atoms with van der Waals surface area (Å²) in [5, 5.41) is 0. The van der Waals surface area contributed by atoms with E-state index in [1.54, 1.807) is 0 Å². The third-order valence-electron chi connectivity index (χ3n) is 3.19. The summed E-state index contributed by atoms with van der Waals surface area (Å²) in [5.74, 6) is 1.69. The first kappa shape index (κ1) is 12.2. The number of fused-ring (bicyclic) bond motifs is 1. The summed E-state index contributed by atoms with van der Waals surface area (Å²) in [6.45, 7) is 4.99. The maximum atomic E-state index is 5.59. The first-order chi connectivity index (χ1) is 8.22. The monoisotopic (exact) mass is 236 g/mol. The van der Waals surface area contributed by atoms with E-state index in [0.717, 1.165) is 18.0 Å². The van der Waals surface area contributed by atoms with Crippen LogP contribution in [0.25, 0.3) is 0 Å². The Morgan fingerprint density at radius 2 is 2.00 bits per heavy atom. The van der Waals surface area contributed by atoms with Crippen LogP contribution < -0.4 is 15.2 Å². The third kappa shape index (κ3) is 2.70. The van der Waals surface area contributed by atoms with Crippen LogP contribution in [-0.4, -0.2) is 38.3 Å². The average Bonchev–Trinajstić information content (AvgIpc) is 2.37. The van der Waals surface area contributed by atoms with Gasteiger partial charge in [-0.25, -0.2) is 0 Å². The third-order valence-corrected chi connectivity index (χ3v) is 3.19. The summed E-state index contributed by atoms with van der Waals surface area (Å²) in [5.41, 5.74) is 6.80. The molecule has 94 valence electrons. The molecular weight excluding hydrogens is 216 g/mol. The summed E-state index contributed by atoms with van der Waals surface area (Å²) < 4.78 is 11.1. The Morgan fingerprint density at radius 1 is 1.29 bits per heavy atom. The van der Waals surface area contributed by atoms with Gasteiger partial charge in [-0.3, -0.25) is 4.90 Å². The van der Waals surface area contributed by atoms with E-state index < -0.39 is 0 Å². The molecule has 17 heavy (non-hydrogen) atoms. The van der Waals surface area contributed by atoms with Crippen molar-refractivity contribution < 1.29 is 9.47 Å². The predicted octanol–water partition coefficient (Wildman–Crippen LogP) is 1.41. The molecule has 0 bridgehead atoms. The molecule has 0 aromatic heterocycles. The maximum absolute atomic E-state index is 5.59. The molecule has 2 rings (SSSR count). The second-order valence-electron chi connectivity index (χ2n) is 4.35. The van der Waals surface area contributed by atoms with Crippen LogP contribution in [0.15, 0.2) is 18.2 Å². The van der Waals surface area contributed by atoms with Gasteiger partial charge in [-0.15, -0.1) is 0 Å². The summed E-state index contributed by atoms with van der Waals surface area (Å²) in [6.07, 6.45) is 0. The van der Waals surface area contributed by atoms with Crippen molar-refractivity contribution in [2.75, 3.05) is 33.4 Å². The molecule has 1 aliphatic heterocycles. The number of likely N-dealkylation sites (N-methyl/N-ethyl adjacent to an activating group) is 1. The Balaban J connectivity index is 2.15. The van der Waals surface area contributed by atoms with Gasteiger partial charge in [0.2, 0.25) is 0 Å². The molecule has 4 heteroatoms. The van der Waals surface area contributed by atoms with Crippen molar-refractivity contribution in [3.05, 3.63) is 23.8 Å². The summed E-state index contributed by atoms with van der Waals surface area (Å²) in [6, 6.07) is 6.46. The largest absolute Gasteiger partial charge is 0.486 e. The van der Waals surface area contributed by atoms with E-state index in [1.807, 2.05) is 6.07 Å². The second-order valence-corrected chi connectivity index (χ2v) is 4.35. The normalized spacial score (nSPS) is 16.0. The molecule has 0 fully saturated rings. The van der Waals surface area contributed by atoms with Crippen LogP contribution in [0, 0.1) is 0 Å². The maximum Gasteiger partial charge on any atom is 0.161 e. The molecule has 1 aromatic rings. The minimum atomic E-state index is 0.328. The SMILES string of the molecule is CC(c1ccc2c(c1)OCCO2)N(C)CCN. The number of hydrogen-bond donors (Lipinski definition) is 1. The molecule has 1 aliphatic rings. The zero-order valence-electron chi connectivity index (χ0n) is 10.5. The lowest BCUT2D eigenvalue weighted by Crippen LogP contribution is -2.28. The van der Waals surface area contributed by atoms with E-state index in [0.29, 0.717) is 25.8 Å². The van der Waals surface area contributed by atoms with Gasteiger partial charge in [0.15, 0.2) is 11.5 Å². The molecule has 0 saturated carbocycles. The molecule has 1 aromatic carbocycles. The van der Waals surface area contributed by atoms with Gasteiger partial charge < -0.3 is 15.2 Å². The first-order valence-corrected chi connectivity index (χ1v) is 6.02. The number of benzene rings is 1. The van der Waals surface area contributed by atoms with E-state index in [-0.39, 0.29) is 0 Å². The number of ether oxygens (including phenoxy) is 2. The number of nitrogens with zero attached hydrogens (tertiary/aromatic N) is 1. The van der Waals surface area contributed by atoms with Gasteiger partial charge in [0.1, 0.15) is 13.2 Å². The van der Waals surface area contributed by atoms with Crippen LogP contribution in [0.2, 0.25) is 0 Å². The minimum absolute atomic E-state index is 0.328. The summed E-state index contributed by atoms with van der Waals surface area (Å²) in [4.78, 5) is 2.23. The molecule has 4 nitrogen and oxygen atoms in total. The minimum Gasteiger partial charge on any atom is -0.486 e. The van der Waals surface area contributed by atoms with Crippen LogP contribution in [0.3, 0.4) is 0 Å². The zero-order valence-corrected chi connectivity index (χ0v) is 10.5. The summed E-state index contributed by atoms with van der Waals surface area (Å²) in [7, 11) is 2.08.